The second-order valence-electron chi connectivity index (χ2n) is 4.78. The van der Waals surface area contributed by atoms with Gasteiger partial charge >= 0.3 is 0 Å². The van der Waals surface area contributed by atoms with E-state index < -0.39 is 0 Å². The molecule has 7 heteroatoms. The number of ether oxygens (including phenoxy) is 1. The third-order valence-corrected chi connectivity index (χ3v) is 3.25. The van der Waals surface area contributed by atoms with Crippen LogP contribution in [0.25, 0.3) is 10.9 Å². The number of rotatable bonds is 4. The number of methoxy groups -OCH3 is 1. The molecule has 0 fully saturated rings. The molecule has 0 amide bonds. The van der Waals surface area contributed by atoms with E-state index in [4.69, 9.17) is 4.74 Å². The van der Waals surface area contributed by atoms with Gasteiger partial charge in [-0.15, -0.1) is 0 Å². The molecule has 22 heavy (non-hydrogen) atoms. The minimum atomic E-state index is -0.153. The van der Waals surface area contributed by atoms with E-state index in [9.17, 15) is 4.79 Å². The van der Waals surface area contributed by atoms with Crippen LogP contribution in [0.15, 0.2) is 41.5 Å². The minimum Gasteiger partial charge on any atom is -0.478 e. The third kappa shape index (κ3) is 2.60. The maximum atomic E-state index is 12.1. The van der Waals surface area contributed by atoms with Crippen molar-refractivity contribution in [1.29, 1.82) is 0 Å². The third-order valence-electron chi connectivity index (χ3n) is 3.25. The van der Waals surface area contributed by atoms with Crippen LogP contribution in [0.1, 0.15) is 5.82 Å². The van der Waals surface area contributed by atoms with Gasteiger partial charge < -0.3 is 14.6 Å². The molecule has 2 heterocycles. The highest BCUT2D eigenvalue weighted by atomic mass is 16.5. The first-order valence-electron chi connectivity index (χ1n) is 6.73. The van der Waals surface area contributed by atoms with Gasteiger partial charge in [0, 0.05) is 19.4 Å². The van der Waals surface area contributed by atoms with E-state index in [1.54, 1.807) is 18.5 Å². The summed E-state index contributed by atoms with van der Waals surface area (Å²) in [5.74, 6) is 1.56. The standard InChI is InChI=1S/C15H15N5O2/c1-20(13-15(22-2)17-8-7-16-13)9-12-18-11-6-4-3-5-10(11)14(21)19-12/h3-8H,9H2,1-2H3,(H,18,19,21). The molecule has 0 saturated carbocycles. The fraction of sp³-hybridized carbons (Fsp3) is 0.200. The van der Waals surface area contributed by atoms with Gasteiger partial charge in [0.2, 0.25) is 0 Å². The normalized spacial score (nSPS) is 10.6. The van der Waals surface area contributed by atoms with Crippen molar-refractivity contribution in [2.24, 2.45) is 0 Å². The van der Waals surface area contributed by atoms with Crippen LogP contribution in [-0.4, -0.2) is 34.1 Å². The summed E-state index contributed by atoms with van der Waals surface area (Å²) in [7, 11) is 3.37. The topological polar surface area (TPSA) is 84.0 Å². The number of H-pyrrole nitrogens is 1. The van der Waals surface area contributed by atoms with Gasteiger partial charge in [-0.2, -0.15) is 0 Å². The molecular weight excluding hydrogens is 282 g/mol. The molecule has 0 spiro atoms. The number of benzene rings is 1. The van der Waals surface area contributed by atoms with E-state index >= 15 is 0 Å². The molecule has 0 radical (unpaired) electrons. The Bertz CT molecular complexity index is 862. The molecule has 1 aromatic carbocycles. The van der Waals surface area contributed by atoms with Gasteiger partial charge in [0.25, 0.3) is 11.4 Å². The van der Waals surface area contributed by atoms with Crippen LogP contribution in [0.5, 0.6) is 5.88 Å². The number of anilines is 1. The van der Waals surface area contributed by atoms with Gasteiger partial charge in [-0.3, -0.25) is 4.79 Å². The number of nitrogens with one attached hydrogen (secondary N) is 1. The smallest absolute Gasteiger partial charge is 0.258 e. The Balaban J connectivity index is 1.94. The second-order valence-corrected chi connectivity index (χ2v) is 4.78. The Morgan fingerprint density at radius 1 is 1.23 bits per heavy atom. The molecule has 0 unspecified atom stereocenters. The predicted molar refractivity (Wildman–Crippen MR) is 83.1 cm³/mol. The summed E-state index contributed by atoms with van der Waals surface area (Å²) in [4.78, 5) is 29.5. The first kappa shape index (κ1) is 14.0. The van der Waals surface area contributed by atoms with Gasteiger partial charge in [0.1, 0.15) is 5.82 Å². The average Bonchev–Trinajstić information content (AvgIpc) is 2.55. The number of para-hydroxylation sites is 1. The Kier molecular flexibility index (Phi) is 3.69. The van der Waals surface area contributed by atoms with Crippen LogP contribution >= 0.6 is 0 Å². The van der Waals surface area contributed by atoms with Gasteiger partial charge in [0.05, 0.1) is 24.6 Å². The summed E-state index contributed by atoms with van der Waals surface area (Å²) in [6.07, 6.45) is 3.15. The lowest BCUT2D eigenvalue weighted by atomic mass is 10.2. The first-order valence-corrected chi connectivity index (χ1v) is 6.73. The molecule has 0 atom stereocenters. The lowest BCUT2D eigenvalue weighted by molar-refractivity contribution is 0.395. The zero-order chi connectivity index (χ0) is 15.5. The predicted octanol–water partition coefficient (Wildman–Crippen LogP) is 1.36. The van der Waals surface area contributed by atoms with Gasteiger partial charge in [-0.25, -0.2) is 15.0 Å². The zero-order valence-corrected chi connectivity index (χ0v) is 12.3. The number of hydrogen-bond donors (Lipinski definition) is 1. The van der Waals surface area contributed by atoms with Gasteiger partial charge in [0.15, 0.2) is 5.82 Å². The van der Waals surface area contributed by atoms with Crippen molar-refractivity contribution in [3.63, 3.8) is 0 Å². The number of fused-ring (bicyclic) bond motifs is 1. The largest absolute Gasteiger partial charge is 0.478 e. The lowest BCUT2D eigenvalue weighted by Gasteiger charge is -2.18. The number of aromatic nitrogens is 4. The van der Waals surface area contributed by atoms with Crippen molar-refractivity contribution < 1.29 is 4.74 Å². The van der Waals surface area contributed by atoms with Crippen molar-refractivity contribution in [3.8, 4) is 5.88 Å². The lowest BCUT2D eigenvalue weighted by Crippen LogP contribution is -2.23. The van der Waals surface area contributed by atoms with Crippen LogP contribution < -0.4 is 15.2 Å². The molecule has 2 aromatic heterocycles. The summed E-state index contributed by atoms with van der Waals surface area (Å²) in [5.41, 5.74) is 0.515. The summed E-state index contributed by atoms with van der Waals surface area (Å²) in [6.45, 7) is 0.384. The first-order chi connectivity index (χ1) is 10.7. The quantitative estimate of drug-likeness (QED) is 0.782. The summed E-state index contributed by atoms with van der Waals surface area (Å²) >= 11 is 0. The van der Waals surface area contributed by atoms with Crippen LogP contribution in [0, 0.1) is 0 Å². The Hall–Kier alpha value is -2.96. The number of nitrogens with zero attached hydrogens (tertiary/aromatic N) is 4. The molecule has 3 rings (SSSR count). The van der Waals surface area contributed by atoms with Crippen molar-refractivity contribution in [2.45, 2.75) is 6.54 Å². The van der Waals surface area contributed by atoms with Gasteiger partial charge in [-0.1, -0.05) is 12.1 Å². The van der Waals surface area contributed by atoms with E-state index in [-0.39, 0.29) is 5.56 Å². The van der Waals surface area contributed by atoms with Crippen LogP contribution in [0.3, 0.4) is 0 Å². The average molecular weight is 297 g/mol. The van der Waals surface area contributed by atoms with Crippen molar-refractivity contribution in [1.82, 2.24) is 19.9 Å². The second kappa shape index (κ2) is 5.80. The molecular formula is C15H15N5O2. The fourth-order valence-corrected chi connectivity index (χ4v) is 2.23. The summed E-state index contributed by atoms with van der Waals surface area (Å²) < 4.78 is 5.19. The SMILES string of the molecule is COc1nccnc1N(C)Cc1nc2ccccc2c(=O)[nH]1. The van der Waals surface area contributed by atoms with E-state index in [1.165, 1.54) is 7.11 Å². The molecule has 0 aliphatic carbocycles. The minimum absolute atomic E-state index is 0.153. The molecule has 0 bridgehead atoms. The van der Waals surface area contributed by atoms with Crippen molar-refractivity contribution in [2.75, 3.05) is 19.1 Å². The van der Waals surface area contributed by atoms with Crippen LogP contribution in [-0.2, 0) is 6.54 Å². The summed E-state index contributed by atoms with van der Waals surface area (Å²) in [5, 5.41) is 0.575. The Morgan fingerprint density at radius 2 is 2.00 bits per heavy atom. The molecule has 1 N–H and O–H groups in total. The fourth-order valence-electron chi connectivity index (χ4n) is 2.23. The molecule has 0 aliphatic heterocycles. The summed E-state index contributed by atoms with van der Waals surface area (Å²) in [6, 6.07) is 7.24. The molecule has 7 nitrogen and oxygen atoms in total. The van der Waals surface area contributed by atoms with Crippen molar-refractivity contribution in [3.05, 3.63) is 52.8 Å². The Morgan fingerprint density at radius 3 is 2.82 bits per heavy atom. The van der Waals surface area contributed by atoms with E-state index in [0.717, 1.165) is 0 Å². The Labute approximate surface area is 126 Å². The molecule has 0 saturated heterocycles. The highest BCUT2D eigenvalue weighted by Crippen LogP contribution is 2.21. The van der Waals surface area contributed by atoms with E-state index in [0.29, 0.717) is 35.0 Å². The van der Waals surface area contributed by atoms with E-state index in [1.807, 2.05) is 30.1 Å². The zero-order valence-electron chi connectivity index (χ0n) is 12.3. The maximum Gasteiger partial charge on any atom is 0.258 e. The highest BCUT2D eigenvalue weighted by Gasteiger charge is 2.13. The van der Waals surface area contributed by atoms with Crippen LogP contribution in [0.4, 0.5) is 5.82 Å². The molecule has 112 valence electrons. The van der Waals surface area contributed by atoms with Crippen LogP contribution in [0.2, 0.25) is 0 Å². The number of hydrogen-bond acceptors (Lipinski definition) is 6. The highest BCUT2D eigenvalue weighted by molar-refractivity contribution is 5.77. The molecule has 3 aromatic rings. The molecule has 0 aliphatic rings. The van der Waals surface area contributed by atoms with Gasteiger partial charge in [-0.05, 0) is 12.1 Å². The number of aromatic amines is 1. The van der Waals surface area contributed by atoms with Crippen molar-refractivity contribution >= 4 is 16.7 Å². The van der Waals surface area contributed by atoms with E-state index in [2.05, 4.69) is 19.9 Å². The monoisotopic (exact) mass is 297 g/mol. The maximum absolute atomic E-state index is 12.1.